The van der Waals surface area contributed by atoms with Crippen molar-refractivity contribution in [3.05, 3.63) is 63.2 Å². The second-order valence-corrected chi connectivity index (χ2v) is 4.89. The summed E-state index contributed by atoms with van der Waals surface area (Å²) in [4.78, 5) is 22.9. The van der Waals surface area contributed by atoms with Gasteiger partial charge in [0.15, 0.2) is 11.5 Å². The smallest absolute Gasteiger partial charge is 0.416 e. The van der Waals surface area contributed by atoms with E-state index in [1.54, 1.807) is 0 Å². The van der Waals surface area contributed by atoms with Crippen LogP contribution in [0.25, 0.3) is 0 Å². The largest absolute Gasteiger partial charge is 0.493 e. The highest BCUT2D eigenvalue weighted by atomic mass is 19.4. The number of nitro groups is 1. The molecule has 25 heavy (non-hydrogen) atoms. The molecule has 0 atom stereocenters. The first-order chi connectivity index (χ1) is 11.7. The van der Waals surface area contributed by atoms with E-state index in [9.17, 15) is 28.1 Å². The van der Waals surface area contributed by atoms with Crippen LogP contribution < -0.4 is 9.47 Å². The van der Waals surface area contributed by atoms with Crippen molar-refractivity contribution in [1.82, 2.24) is 0 Å². The van der Waals surface area contributed by atoms with E-state index in [0.717, 1.165) is 30.3 Å². The van der Waals surface area contributed by atoms with Crippen molar-refractivity contribution in [2.45, 2.75) is 6.18 Å². The van der Waals surface area contributed by atoms with Gasteiger partial charge in [-0.15, -0.1) is 0 Å². The van der Waals surface area contributed by atoms with Crippen LogP contribution in [0.2, 0.25) is 0 Å². The molecule has 0 unspecified atom stereocenters. The van der Waals surface area contributed by atoms with Crippen molar-refractivity contribution in [3.63, 3.8) is 0 Å². The molecule has 0 saturated heterocycles. The molecule has 0 spiro atoms. The molecule has 0 aliphatic carbocycles. The highest BCUT2D eigenvalue weighted by molar-refractivity contribution is 6.09. The van der Waals surface area contributed by atoms with Crippen LogP contribution in [-0.4, -0.2) is 24.9 Å². The minimum atomic E-state index is -4.52. The molecule has 0 radical (unpaired) electrons. The number of nitrogens with zero attached hydrogens (tertiary/aromatic N) is 1. The molecule has 2 aromatic rings. The van der Waals surface area contributed by atoms with Crippen LogP contribution >= 0.6 is 0 Å². The molecule has 132 valence electrons. The second-order valence-electron chi connectivity index (χ2n) is 4.89. The maximum Gasteiger partial charge on any atom is 0.416 e. The van der Waals surface area contributed by atoms with Gasteiger partial charge in [-0.2, -0.15) is 13.2 Å². The molecule has 9 heteroatoms. The molecule has 2 rings (SSSR count). The standard InChI is InChI=1S/C16H12F3NO5/c1-24-13-8-10(7-12(20(22)23)15(13)25-2)14(21)9-3-5-11(6-4-9)16(17,18)19/h3-8H,1-2H3. The number of carbonyl (C=O) groups excluding carboxylic acids is 1. The lowest BCUT2D eigenvalue weighted by Crippen LogP contribution is -2.07. The molecule has 0 aromatic heterocycles. The lowest BCUT2D eigenvalue weighted by molar-refractivity contribution is -0.385. The van der Waals surface area contributed by atoms with Crippen molar-refractivity contribution < 1.29 is 32.4 Å². The molecule has 0 amide bonds. The number of ether oxygens (including phenoxy) is 2. The molecule has 0 saturated carbocycles. The number of rotatable bonds is 5. The summed E-state index contributed by atoms with van der Waals surface area (Å²) < 4.78 is 47.6. The lowest BCUT2D eigenvalue weighted by Gasteiger charge is -2.11. The van der Waals surface area contributed by atoms with Gasteiger partial charge in [-0.1, -0.05) is 12.1 Å². The summed E-state index contributed by atoms with van der Waals surface area (Å²) in [5.41, 5.74) is -1.54. The van der Waals surface area contributed by atoms with Crippen molar-refractivity contribution in [2.24, 2.45) is 0 Å². The van der Waals surface area contributed by atoms with Crippen molar-refractivity contribution >= 4 is 11.5 Å². The predicted octanol–water partition coefficient (Wildman–Crippen LogP) is 3.86. The number of ketones is 1. The van der Waals surface area contributed by atoms with E-state index in [0.29, 0.717) is 0 Å². The van der Waals surface area contributed by atoms with E-state index < -0.39 is 28.1 Å². The van der Waals surface area contributed by atoms with Gasteiger partial charge in [0.1, 0.15) is 0 Å². The molecule has 0 aliphatic heterocycles. The predicted molar refractivity (Wildman–Crippen MR) is 81.1 cm³/mol. The van der Waals surface area contributed by atoms with Gasteiger partial charge in [-0.05, 0) is 18.2 Å². The van der Waals surface area contributed by atoms with E-state index in [1.165, 1.54) is 20.3 Å². The normalized spacial score (nSPS) is 11.1. The van der Waals surface area contributed by atoms with Crippen LogP contribution in [0.3, 0.4) is 0 Å². The maximum atomic E-state index is 12.6. The number of carbonyl (C=O) groups is 1. The van der Waals surface area contributed by atoms with Crippen LogP contribution in [0.15, 0.2) is 36.4 Å². The van der Waals surface area contributed by atoms with E-state index in [1.807, 2.05) is 0 Å². The van der Waals surface area contributed by atoms with Crippen LogP contribution in [-0.2, 0) is 6.18 Å². The van der Waals surface area contributed by atoms with Gasteiger partial charge in [0, 0.05) is 17.2 Å². The summed E-state index contributed by atoms with van der Waals surface area (Å²) in [6, 6.07) is 5.76. The van der Waals surface area contributed by atoms with Crippen molar-refractivity contribution in [3.8, 4) is 11.5 Å². The van der Waals surface area contributed by atoms with E-state index in [4.69, 9.17) is 9.47 Å². The number of nitro benzene ring substituents is 1. The van der Waals surface area contributed by atoms with Gasteiger partial charge < -0.3 is 9.47 Å². The van der Waals surface area contributed by atoms with Crippen LogP contribution in [0.1, 0.15) is 21.5 Å². The summed E-state index contributed by atoms with van der Waals surface area (Å²) in [5.74, 6) is -0.874. The Kier molecular flexibility index (Phi) is 4.96. The molecule has 0 bridgehead atoms. The molecular weight excluding hydrogens is 343 g/mol. The van der Waals surface area contributed by atoms with Gasteiger partial charge in [-0.3, -0.25) is 14.9 Å². The Labute approximate surface area is 139 Å². The highest BCUT2D eigenvalue weighted by Gasteiger charge is 2.30. The summed E-state index contributed by atoms with van der Waals surface area (Å²) in [5, 5.41) is 11.1. The van der Waals surface area contributed by atoms with E-state index in [-0.39, 0.29) is 22.6 Å². The van der Waals surface area contributed by atoms with Crippen molar-refractivity contribution in [1.29, 1.82) is 0 Å². The first-order valence-corrected chi connectivity index (χ1v) is 6.81. The summed E-state index contributed by atoms with van der Waals surface area (Å²) in [6.07, 6.45) is -4.52. The van der Waals surface area contributed by atoms with Gasteiger partial charge in [0.05, 0.1) is 24.7 Å². The number of benzene rings is 2. The zero-order chi connectivity index (χ0) is 18.8. The Morgan fingerprint density at radius 1 is 1.04 bits per heavy atom. The molecular formula is C16H12F3NO5. The van der Waals surface area contributed by atoms with Gasteiger partial charge in [0.2, 0.25) is 5.75 Å². The Morgan fingerprint density at radius 2 is 1.64 bits per heavy atom. The topological polar surface area (TPSA) is 78.7 Å². The number of hydrogen-bond donors (Lipinski definition) is 0. The second kappa shape index (κ2) is 6.80. The molecule has 6 nitrogen and oxygen atoms in total. The molecule has 2 aromatic carbocycles. The fourth-order valence-corrected chi connectivity index (χ4v) is 2.19. The SMILES string of the molecule is COc1cc(C(=O)c2ccc(C(F)(F)F)cc2)cc([N+](=O)[O-])c1OC. The molecule has 0 fully saturated rings. The summed E-state index contributed by atoms with van der Waals surface area (Å²) in [6.45, 7) is 0. The van der Waals surface area contributed by atoms with Gasteiger partial charge in [0.25, 0.3) is 0 Å². The fraction of sp³-hybridized carbons (Fsp3) is 0.188. The first kappa shape index (κ1) is 18.2. The van der Waals surface area contributed by atoms with Gasteiger partial charge >= 0.3 is 11.9 Å². The number of alkyl halides is 3. The molecule has 0 aliphatic rings. The first-order valence-electron chi connectivity index (χ1n) is 6.81. The Hall–Kier alpha value is -3.10. The minimum absolute atomic E-state index is 0.0352. The monoisotopic (exact) mass is 355 g/mol. The average molecular weight is 355 g/mol. The highest BCUT2D eigenvalue weighted by Crippen LogP contribution is 2.38. The van der Waals surface area contributed by atoms with Crippen LogP contribution in [0.5, 0.6) is 11.5 Å². The van der Waals surface area contributed by atoms with Gasteiger partial charge in [-0.25, -0.2) is 0 Å². The Balaban J connectivity index is 2.49. The fourth-order valence-electron chi connectivity index (χ4n) is 2.19. The maximum absolute atomic E-state index is 12.6. The zero-order valence-corrected chi connectivity index (χ0v) is 13.1. The third-order valence-electron chi connectivity index (χ3n) is 3.39. The lowest BCUT2D eigenvalue weighted by atomic mass is 10.0. The number of hydrogen-bond acceptors (Lipinski definition) is 5. The van der Waals surface area contributed by atoms with Crippen LogP contribution in [0.4, 0.5) is 18.9 Å². The van der Waals surface area contributed by atoms with E-state index >= 15 is 0 Å². The Bertz CT molecular complexity index is 816. The Morgan fingerprint density at radius 3 is 2.08 bits per heavy atom. The third kappa shape index (κ3) is 3.70. The van der Waals surface area contributed by atoms with Crippen molar-refractivity contribution in [2.75, 3.05) is 14.2 Å². The zero-order valence-electron chi connectivity index (χ0n) is 13.1. The quantitative estimate of drug-likeness (QED) is 0.462. The van der Waals surface area contributed by atoms with Crippen LogP contribution in [0, 0.1) is 10.1 Å². The minimum Gasteiger partial charge on any atom is -0.493 e. The van der Waals surface area contributed by atoms with E-state index in [2.05, 4.69) is 0 Å². The number of methoxy groups -OCH3 is 2. The molecule has 0 N–H and O–H groups in total. The summed E-state index contributed by atoms with van der Waals surface area (Å²) >= 11 is 0. The summed E-state index contributed by atoms with van der Waals surface area (Å²) in [7, 11) is 2.45. The third-order valence-corrected chi connectivity index (χ3v) is 3.39. The average Bonchev–Trinajstić information content (AvgIpc) is 2.59. The number of halogens is 3. The molecule has 0 heterocycles.